The van der Waals surface area contributed by atoms with Crippen LogP contribution < -0.4 is 5.32 Å². The third-order valence-corrected chi connectivity index (χ3v) is 2.83. The van der Waals surface area contributed by atoms with Gasteiger partial charge >= 0.3 is 0 Å². The average molecular weight is 205 g/mol. The second-order valence-corrected chi connectivity index (χ2v) is 4.42. The minimum Gasteiger partial charge on any atom is -0.312 e. The molecular formula is C12H19N3. The van der Waals surface area contributed by atoms with Crippen molar-refractivity contribution in [1.29, 1.82) is 0 Å². The fourth-order valence-corrected chi connectivity index (χ4v) is 1.69. The zero-order valence-electron chi connectivity index (χ0n) is 9.48. The second kappa shape index (κ2) is 4.73. The van der Waals surface area contributed by atoms with Gasteiger partial charge in [-0.25, -0.2) is 0 Å². The molecule has 3 heteroatoms. The van der Waals surface area contributed by atoms with E-state index < -0.39 is 0 Å². The van der Waals surface area contributed by atoms with E-state index >= 15 is 0 Å². The van der Waals surface area contributed by atoms with E-state index in [-0.39, 0.29) is 0 Å². The monoisotopic (exact) mass is 205 g/mol. The zero-order chi connectivity index (χ0) is 10.7. The van der Waals surface area contributed by atoms with Crippen LogP contribution in [0, 0.1) is 0 Å². The Labute approximate surface area is 91.5 Å². The standard InChI is InChI=1S/C12H19N3/c1-15(2)12(9-14-10-6-7-10)11-5-3-4-8-13-11/h3-5,8,10,12,14H,6-7,9H2,1-2H3. The van der Waals surface area contributed by atoms with E-state index in [9.17, 15) is 0 Å². The lowest BCUT2D eigenvalue weighted by Gasteiger charge is -2.24. The molecule has 0 amide bonds. The third-order valence-electron chi connectivity index (χ3n) is 2.83. The SMILES string of the molecule is CN(C)C(CNC1CC1)c1ccccn1. The van der Waals surface area contributed by atoms with Crippen molar-refractivity contribution in [2.24, 2.45) is 0 Å². The van der Waals surface area contributed by atoms with Crippen LogP contribution in [0.4, 0.5) is 0 Å². The van der Waals surface area contributed by atoms with Gasteiger partial charge in [0.15, 0.2) is 0 Å². The number of rotatable bonds is 5. The number of pyridine rings is 1. The Kier molecular flexibility index (Phi) is 3.34. The molecule has 1 aromatic heterocycles. The fourth-order valence-electron chi connectivity index (χ4n) is 1.69. The van der Waals surface area contributed by atoms with Gasteiger partial charge in [0.1, 0.15) is 0 Å². The highest BCUT2D eigenvalue weighted by molar-refractivity contribution is 5.09. The molecule has 82 valence electrons. The van der Waals surface area contributed by atoms with Gasteiger partial charge in [-0.15, -0.1) is 0 Å². The van der Waals surface area contributed by atoms with E-state index in [0.29, 0.717) is 6.04 Å². The van der Waals surface area contributed by atoms with Crippen LogP contribution in [0.1, 0.15) is 24.6 Å². The molecule has 1 atom stereocenters. The summed E-state index contributed by atoms with van der Waals surface area (Å²) in [5, 5.41) is 3.55. The predicted octanol–water partition coefficient (Wildman–Crippen LogP) is 1.44. The molecule has 1 saturated carbocycles. The molecular weight excluding hydrogens is 186 g/mol. The van der Waals surface area contributed by atoms with Crippen LogP contribution in [0.25, 0.3) is 0 Å². The van der Waals surface area contributed by atoms with Gasteiger partial charge in [0.2, 0.25) is 0 Å². The topological polar surface area (TPSA) is 28.2 Å². The van der Waals surface area contributed by atoms with Crippen LogP contribution in [-0.2, 0) is 0 Å². The molecule has 0 saturated heterocycles. The van der Waals surface area contributed by atoms with E-state index in [1.54, 1.807) is 0 Å². The highest BCUT2D eigenvalue weighted by Gasteiger charge is 2.23. The highest BCUT2D eigenvalue weighted by Crippen LogP contribution is 2.21. The summed E-state index contributed by atoms with van der Waals surface area (Å²) in [6, 6.07) is 7.25. The number of hydrogen-bond donors (Lipinski definition) is 1. The smallest absolute Gasteiger partial charge is 0.0641 e. The lowest BCUT2D eigenvalue weighted by molar-refractivity contribution is 0.282. The van der Waals surface area contributed by atoms with Crippen LogP contribution in [0.5, 0.6) is 0 Å². The van der Waals surface area contributed by atoms with E-state index in [2.05, 4.69) is 41.4 Å². The second-order valence-electron chi connectivity index (χ2n) is 4.42. The Morgan fingerprint density at radius 1 is 1.47 bits per heavy atom. The van der Waals surface area contributed by atoms with Gasteiger partial charge in [-0.1, -0.05) is 6.07 Å². The number of nitrogens with one attached hydrogen (secondary N) is 1. The van der Waals surface area contributed by atoms with Gasteiger partial charge in [-0.05, 0) is 39.1 Å². The minimum absolute atomic E-state index is 0.381. The third kappa shape index (κ3) is 3.01. The Morgan fingerprint density at radius 3 is 2.80 bits per heavy atom. The van der Waals surface area contributed by atoms with Gasteiger partial charge in [0.05, 0.1) is 11.7 Å². The molecule has 1 aliphatic carbocycles. The van der Waals surface area contributed by atoms with Crippen molar-refractivity contribution in [2.75, 3.05) is 20.6 Å². The van der Waals surface area contributed by atoms with Crippen LogP contribution in [-0.4, -0.2) is 36.6 Å². The van der Waals surface area contributed by atoms with E-state index in [0.717, 1.165) is 18.3 Å². The summed E-state index contributed by atoms with van der Waals surface area (Å²) in [7, 11) is 4.21. The summed E-state index contributed by atoms with van der Waals surface area (Å²) >= 11 is 0. The summed E-state index contributed by atoms with van der Waals surface area (Å²) in [5.74, 6) is 0. The van der Waals surface area contributed by atoms with Crippen LogP contribution in [0.15, 0.2) is 24.4 Å². The van der Waals surface area contributed by atoms with Gasteiger partial charge in [0, 0.05) is 18.8 Å². The normalized spacial score (nSPS) is 18.1. The fraction of sp³-hybridized carbons (Fsp3) is 0.583. The molecule has 3 nitrogen and oxygen atoms in total. The van der Waals surface area contributed by atoms with Crippen molar-refractivity contribution >= 4 is 0 Å². The number of nitrogens with zero attached hydrogens (tertiary/aromatic N) is 2. The maximum atomic E-state index is 4.42. The molecule has 0 spiro atoms. The first-order valence-electron chi connectivity index (χ1n) is 5.58. The molecule has 1 fully saturated rings. The van der Waals surface area contributed by atoms with E-state index in [1.165, 1.54) is 12.8 Å². The molecule has 1 aliphatic rings. The van der Waals surface area contributed by atoms with E-state index in [4.69, 9.17) is 0 Å². The highest BCUT2D eigenvalue weighted by atomic mass is 15.1. The lowest BCUT2D eigenvalue weighted by atomic mass is 10.1. The van der Waals surface area contributed by atoms with E-state index in [1.807, 2.05) is 12.3 Å². The lowest BCUT2D eigenvalue weighted by Crippen LogP contribution is -2.32. The number of hydrogen-bond acceptors (Lipinski definition) is 3. The van der Waals surface area contributed by atoms with Crippen molar-refractivity contribution in [3.05, 3.63) is 30.1 Å². The van der Waals surface area contributed by atoms with Crippen LogP contribution in [0.3, 0.4) is 0 Å². The number of likely N-dealkylation sites (N-methyl/N-ethyl adjacent to an activating group) is 1. The molecule has 15 heavy (non-hydrogen) atoms. The maximum absolute atomic E-state index is 4.42. The average Bonchev–Trinajstić information content (AvgIpc) is 3.03. The largest absolute Gasteiger partial charge is 0.312 e. The summed E-state index contributed by atoms with van der Waals surface area (Å²) in [5.41, 5.74) is 1.15. The first-order valence-corrected chi connectivity index (χ1v) is 5.58. The van der Waals surface area contributed by atoms with Gasteiger partial charge in [-0.2, -0.15) is 0 Å². The van der Waals surface area contributed by atoms with Crippen LogP contribution in [0.2, 0.25) is 0 Å². The van der Waals surface area contributed by atoms with Gasteiger partial charge in [-0.3, -0.25) is 9.88 Å². The molecule has 0 aliphatic heterocycles. The number of aromatic nitrogens is 1. The van der Waals surface area contributed by atoms with Gasteiger partial charge < -0.3 is 5.32 Å². The molecule has 0 aromatic carbocycles. The Hall–Kier alpha value is -0.930. The molecule has 0 radical (unpaired) electrons. The summed E-state index contributed by atoms with van der Waals surface area (Å²) in [4.78, 5) is 6.64. The zero-order valence-corrected chi connectivity index (χ0v) is 9.48. The Morgan fingerprint density at radius 2 is 2.27 bits per heavy atom. The molecule has 1 N–H and O–H groups in total. The van der Waals surface area contributed by atoms with Crippen molar-refractivity contribution in [3.63, 3.8) is 0 Å². The molecule has 1 aromatic rings. The van der Waals surface area contributed by atoms with Gasteiger partial charge in [0.25, 0.3) is 0 Å². The predicted molar refractivity (Wildman–Crippen MR) is 61.7 cm³/mol. The van der Waals surface area contributed by atoms with Crippen molar-refractivity contribution in [3.8, 4) is 0 Å². The maximum Gasteiger partial charge on any atom is 0.0641 e. The minimum atomic E-state index is 0.381. The molecule has 0 bridgehead atoms. The Bertz CT molecular complexity index is 293. The summed E-state index contributed by atoms with van der Waals surface area (Å²) < 4.78 is 0. The first kappa shape index (κ1) is 10.6. The molecule has 2 rings (SSSR count). The van der Waals surface area contributed by atoms with Crippen molar-refractivity contribution in [2.45, 2.75) is 24.9 Å². The molecule has 1 heterocycles. The van der Waals surface area contributed by atoms with Crippen molar-refractivity contribution in [1.82, 2.24) is 15.2 Å². The molecule has 1 unspecified atom stereocenters. The summed E-state index contributed by atoms with van der Waals surface area (Å²) in [6.07, 6.45) is 4.54. The quantitative estimate of drug-likeness (QED) is 0.788. The first-order chi connectivity index (χ1) is 7.27. The van der Waals surface area contributed by atoms with Crippen LogP contribution >= 0.6 is 0 Å². The summed E-state index contributed by atoms with van der Waals surface area (Å²) in [6.45, 7) is 0.995. The Balaban J connectivity index is 1.98. The van der Waals surface area contributed by atoms with Crippen molar-refractivity contribution < 1.29 is 0 Å².